The number of amides is 1. The standard InChI is InChI=1S/C21H25NO3/c1-15(14-21(2,3)17-10-5-4-6-11-17)22-19(23)13-16-9-7-8-12-18(16)20(24)25/h4-12,15H,13-14H2,1-3H3,(H,22,23)(H,24,25). The Hall–Kier alpha value is -2.62. The highest BCUT2D eigenvalue weighted by Crippen LogP contribution is 2.28. The Balaban J connectivity index is 1.98. The Labute approximate surface area is 148 Å². The maximum absolute atomic E-state index is 12.3. The minimum Gasteiger partial charge on any atom is -0.478 e. The Morgan fingerprint density at radius 2 is 1.64 bits per heavy atom. The Morgan fingerprint density at radius 1 is 1.04 bits per heavy atom. The Bertz CT molecular complexity index is 738. The summed E-state index contributed by atoms with van der Waals surface area (Å²) in [5.41, 5.74) is 1.87. The minimum atomic E-state index is -1.01. The van der Waals surface area contributed by atoms with Crippen LogP contribution in [0, 0.1) is 0 Å². The number of hydrogen-bond acceptors (Lipinski definition) is 2. The van der Waals surface area contributed by atoms with E-state index >= 15 is 0 Å². The highest BCUT2D eigenvalue weighted by Gasteiger charge is 2.24. The van der Waals surface area contributed by atoms with E-state index in [1.54, 1.807) is 18.2 Å². The number of carboxylic acids is 1. The third kappa shape index (κ3) is 5.18. The summed E-state index contributed by atoms with van der Waals surface area (Å²) in [5, 5.41) is 12.2. The molecule has 0 fully saturated rings. The molecule has 0 saturated carbocycles. The lowest BCUT2D eigenvalue weighted by Crippen LogP contribution is -2.38. The molecule has 0 spiro atoms. The van der Waals surface area contributed by atoms with Crippen molar-refractivity contribution in [1.82, 2.24) is 5.32 Å². The summed E-state index contributed by atoms with van der Waals surface area (Å²) in [7, 11) is 0. The minimum absolute atomic E-state index is 0.0142. The van der Waals surface area contributed by atoms with Gasteiger partial charge in [0.25, 0.3) is 0 Å². The number of carboxylic acid groups (broad SMARTS) is 1. The molecule has 1 unspecified atom stereocenters. The van der Waals surface area contributed by atoms with E-state index in [1.807, 2.05) is 25.1 Å². The molecule has 25 heavy (non-hydrogen) atoms. The molecule has 2 rings (SSSR count). The van der Waals surface area contributed by atoms with E-state index in [0.717, 1.165) is 6.42 Å². The topological polar surface area (TPSA) is 66.4 Å². The van der Waals surface area contributed by atoms with Gasteiger partial charge in [0.1, 0.15) is 0 Å². The number of rotatable bonds is 7. The average molecular weight is 339 g/mol. The van der Waals surface area contributed by atoms with Crippen molar-refractivity contribution in [3.05, 3.63) is 71.3 Å². The Morgan fingerprint density at radius 3 is 2.28 bits per heavy atom. The number of benzene rings is 2. The first kappa shape index (κ1) is 18.7. The summed E-state index contributed by atoms with van der Waals surface area (Å²) in [5.74, 6) is -1.17. The van der Waals surface area contributed by atoms with E-state index in [1.165, 1.54) is 11.6 Å². The first-order chi connectivity index (χ1) is 11.8. The van der Waals surface area contributed by atoms with Crippen molar-refractivity contribution in [3.63, 3.8) is 0 Å². The number of carbonyl (C=O) groups excluding carboxylic acids is 1. The molecule has 0 aromatic heterocycles. The molecule has 132 valence electrons. The molecule has 0 aliphatic carbocycles. The van der Waals surface area contributed by atoms with Gasteiger partial charge in [-0.2, -0.15) is 0 Å². The summed E-state index contributed by atoms with van der Waals surface area (Å²) >= 11 is 0. The Kier molecular flexibility index (Phi) is 5.97. The third-order valence-corrected chi connectivity index (χ3v) is 4.38. The van der Waals surface area contributed by atoms with Crippen LogP contribution in [0.15, 0.2) is 54.6 Å². The lowest BCUT2D eigenvalue weighted by Gasteiger charge is -2.29. The second kappa shape index (κ2) is 7.97. The maximum Gasteiger partial charge on any atom is 0.335 e. The van der Waals surface area contributed by atoms with Crippen molar-refractivity contribution in [2.75, 3.05) is 0 Å². The first-order valence-electron chi connectivity index (χ1n) is 8.45. The number of hydrogen-bond donors (Lipinski definition) is 2. The third-order valence-electron chi connectivity index (χ3n) is 4.38. The van der Waals surface area contributed by atoms with Crippen LogP contribution in [0.3, 0.4) is 0 Å². The molecule has 0 heterocycles. The molecule has 0 bridgehead atoms. The summed E-state index contributed by atoms with van der Waals surface area (Å²) in [6.07, 6.45) is 0.863. The fraction of sp³-hybridized carbons (Fsp3) is 0.333. The molecule has 2 N–H and O–H groups in total. The molecule has 2 aromatic rings. The molecule has 0 radical (unpaired) electrons. The monoisotopic (exact) mass is 339 g/mol. The van der Waals surface area contributed by atoms with Crippen LogP contribution in [0.1, 0.15) is 48.7 Å². The molecule has 4 nitrogen and oxygen atoms in total. The van der Waals surface area contributed by atoms with Gasteiger partial charge in [0, 0.05) is 6.04 Å². The summed E-state index contributed by atoms with van der Waals surface area (Å²) < 4.78 is 0. The first-order valence-corrected chi connectivity index (χ1v) is 8.45. The average Bonchev–Trinajstić information content (AvgIpc) is 2.55. The van der Waals surface area contributed by atoms with Crippen LogP contribution < -0.4 is 5.32 Å². The van der Waals surface area contributed by atoms with E-state index in [-0.39, 0.29) is 29.3 Å². The predicted octanol–water partition coefficient (Wildman–Crippen LogP) is 3.80. The molecule has 1 amide bonds. The highest BCUT2D eigenvalue weighted by atomic mass is 16.4. The van der Waals surface area contributed by atoms with Crippen molar-refractivity contribution < 1.29 is 14.7 Å². The summed E-state index contributed by atoms with van der Waals surface area (Å²) in [6, 6.07) is 16.8. The van der Waals surface area contributed by atoms with Gasteiger partial charge in [0.2, 0.25) is 5.91 Å². The number of carbonyl (C=O) groups is 2. The lowest BCUT2D eigenvalue weighted by molar-refractivity contribution is -0.121. The van der Waals surface area contributed by atoms with Crippen LogP contribution in [-0.2, 0) is 16.6 Å². The normalized spacial score (nSPS) is 12.4. The molecule has 4 heteroatoms. The number of nitrogens with one attached hydrogen (secondary N) is 1. The second-order valence-corrected chi connectivity index (χ2v) is 7.06. The molecular formula is C21H25NO3. The summed E-state index contributed by atoms with van der Waals surface area (Å²) in [4.78, 5) is 23.6. The zero-order valence-corrected chi connectivity index (χ0v) is 15.0. The summed E-state index contributed by atoms with van der Waals surface area (Å²) in [6.45, 7) is 6.29. The zero-order chi connectivity index (χ0) is 18.4. The zero-order valence-electron chi connectivity index (χ0n) is 15.0. The van der Waals surface area contributed by atoms with Gasteiger partial charge in [-0.1, -0.05) is 62.4 Å². The molecular weight excluding hydrogens is 314 g/mol. The van der Waals surface area contributed by atoms with Crippen molar-refractivity contribution in [1.29, 1.82) is 0 Å². The fourth-order valence-corrected chi connectivity index (χ4v) is 3.21. The number of aromatic carboxylic acids is 1. The van der Waals surface area contributed by atoms with Crippen LogP contribution in [0.2, 0.25) is 0 Å². The largest absolute Gasteiger partial charge is 0.478 e. The SMILES string of the molecule is CC(CC(C)(C)c1ccccc1)NC(=O)Cc1ccccc1C(=O)O. The molecule has 2 aromatic carbocycles. The predicted molar refractivity (Wildman–Crippen MR) is 98.8 cm³/mol. The van der Waals surface area contributed by atoms with E-state index in [4.69, 9.17) is 0 Å². The second-order valence-electron chi connectivity index (χ2n) is 7.06. The smallest absolute Gasteiger partial charge is 0.335 e. The van der Waals surface area contributed by atoms with Crippen molar-refractivity contribution >= 4 is 11.9 Å². The van der Waals surface area contributed by atoms with Crippen molar-refractivity contribution in [3.8, 4) is 0 Å². The molecule has 0 saturated heterocycles. The van der Waals surface area contributed by atoms with Crippen LogP contribution >= 0.6 is 0 Å². The van der Waals surface area contributed by atoms with E-state index < -0.39 is 5.97 Å². The van der Waals surface area contributed by atoms with Gasteiger partial charge in [0.05, 0.1) is 12.0 Å². The van der Waals surface area contributed by atoms with E-state index in [0.29, 0.717) is 5.56 Å². The van der Waals surface area contributed by atoms with Crippen LogP contribution in [0.25, 0.3) is 0 Å². The molecule has 1 atom stereocenters. The van der Waals surface area contributed by atoms with Crippen LogP contribution in [0.5, 0.6) is 0 Å². The van der Waals surface area contributed by atoms with Crippen molar-refractivity contribution in [2.24, 2.45) is 0 Å². The van der Waals surface area contributed by atoms with Gasteiger partial charge in [-0.15, -0.1) is 0 Å². The van der Waals surface area contributed by atoms with Gasteiger partial charge in [0.15, 0.2) is 0 Å². The molecule has 0 aliphatic heterocycles. The van der Waals surface area contributed by atoms with Gasteiger partial charge < -0.3 is 10.4 Å². The van der Waals surface area contributed by atoms with Gasteiger partial charge in [-0.3, -0.25) is 4.79 Å². The maximum atomic E-state index is 12.3. The van der Waals surface area contributed by atoms with Gasteiger partial charge in [-0.05, 0) is 36.0 Å². The van der Waals surface area contributed by atoms with E-state index in [2.05, 4.69) is 31.3 Å². The molecule has 0 aliphatic rings. The highest BCUT2D eigenvalue weighted by molar-refractivity contribution is 5.91. The van der Waals surface area contributed by atoms with Crippen LogP contribution in [0.4, 0.5) is 0 Å². The quantitative estimate of drug-likeness (QED) is 0.806. The van der Waals surface area contributed by atoms with Crippen molar-refractivity contribution in [2.45, 2.75) is 45.1 Å². The van der Waals surface area contributed by atoms with E-state index in [9.17, 15) is 14.7 Å². The van der Waals surface area contributed by atoms with Gasteiger partial charge in [-0.25, -0.2) is 4.79 Å². The van der Waals surface area contributed by atoms with Gasteiger partial charge >= 0.3 is 5.97 Å². The fourth-order valence-electron chi connectivity index (χ4n) is 3.21. The lowest BCUT2D eigenvalue weighted by atomic mass is 9.79. The van der Waals surface area contributed by atoms with Crippen LogP contribution in [-0.4, -0.2) is 23.0 Å².